The number of nitro benzene ring substituents is 1. The van der Waals surface area contributed by atoms with Gasteiger partial charge in [0.15, 0.2) is 5.12 Å². The summed E-state index contributed by atoms with van der Waals surface area (Å²) in [6, 6.07) is 17.3. The molecule has 0 bridgehead atoms. The molecule has 4 aromatic carbocycles. The number of thioether (sulfide) groups is 1. The molecule has 0 unspecified atom stereocenters. The van der Waals surface area contributed by atoms with Crippen molar-refractivity contribution in [3.8, 4) is 0 Å². The lowest BCUT2D eigenvalue weighted by molar-refractivity contribution is -0.384. The fourth-order valence-corrected chi connectivity index (χ4v) is 10.4. The number of carbonyl (C=O) groups excluding carboxylic acids is 13. The van der Waals surface area contributed by atoms with Gasteiger partial charge in [-0.15, -0.1) is 0 Å². The Morgan fingerprint density at radius 2 is 1.02 bits per heavy atom. The van der Waals surface area contributed by atoms with Crippen LogP contribution in [0.3, 0.4) is 0 Å². The van der Waals surface area contributed by atoms with Gasteiger partial charge in [-0.3, -0.25) is 72.4 Å². The second kappa shape index (κ2) is 39.0. The molecule has 0 aromatic heterocycles. The number of hydrogen-bond acceptors (Lipinski definition) is 18. The van der Waals surface area contributed by atoms with Crippen LogP contribution < -0.4 is 59.3 Å². The molecule has 31 heteroatoms. The molecule has 524 valence electrons. The van der Waals surface area contributed by atoms with Gasteiger partial charge < -0.3 is 74.2 Å². The number of benzene rings is 4. The van der Waals surface area contributed by atoms with Gasteiger partial charge in [0.1, 0.15) is 54.4 Å². The molecule has 4 aromatic rings. The topological polar surface area (TPSA) is 452 Å². The van der Waals surface area contributed by atoms with Gasteiger partial charge in [0.25, 0.3) is 5.69 Å². The second-order valence-electron chi connectivity index (χ2n) is 23.9. The second-order valence-corrected chi connectivity index (χ2v) is 25.0. The zero-order chi connectivity index (χ0) is 72.2. The zero-order valence-corrected chi connectivity index (χ0v) is 56.3. The van der Waals surface area contributed by atoms with Crippen LogP contribution in [0.15, 0.2) is 120 Å². The fourth-order valence-electron chi connectivity index (χ4n) is 9.64. The lowest BCUT2D eigenvalue weighted by Gasteiger charge is -2.31. The molecule has 0 aliphatic carbocycles. The van der Waals surface area contributed by atoms with E-state index in [0.717, 1.165) is 29.6 Å². The van der Waals surface area contributed by atoms with Crippen molar-refractivity contribution < 1.29 is 72.4 Å². The van der Waals surface area contributed by atoms with Crippen molar-refractivity contribution >= 4 is 93.5 Å². The molecule has 97 heavy (non-hydrogen) atoms. The number of nitro groups is 1. The number of aliphatic hydroxyl groups is 1. The molecule has 12 amide bonds. The summed E-state index contributed by atoms with van der Waals surface area (Å²) in [5.74, 6) is -11.1. The van der Waals surface area contributed by atoms with Crippen LogP contribution in [0.25, 0.3) is 0 Å². The number of nitrogens with two attached hydrogens (primary N) is 2. The number of amides is 12. The van der Waals surface area contributed by atoms with Crippen LogP contribution in [0.4, 0.5) is 5.69 Å². The summed E-state index contributed by atoms with van der Waals surface area (Å²) in [5.41, 5.74) is 13.0. The van der Waals surface area contributed by atoms with E-state index in [1.165, 1.54) is 44.9 Å². The molecule has 0 radical (unpaired) electrons. The average molecular weight is 1370 g/mol. The van der Waals surface area contributed by atoms with E-state index < -0.39 is 173 Å². The van der Waals surface area contributed by atoms with E-state index in [1.54, 1.807) is 88.4 Å². The number of hydrogen-bond donors (Lipinski definition) is 12. The summed E-state index contributed by atoms with van der Waals surface area (Å²) < 4.78 is 0. The third-order valence-corrected chi connectivity index (χ3v) is 16.2. The standard InChI is InChI=1S/C66H88N14O16S/c1-37(2)29-48(73-54(83)35-70-63(91)52(32-44-23-17-12-18-24-44)79(9)65(93)40(6)72-59(87)47(67)30-42-19-13-10-14-20-42)61(89)71-39(5)57(85)77-56(38(3)4)64(92)74-49(31-43-21-15-11-16-22-43)62(90)75-50(33-55(84)97-46-27-25-45(26-28-46)80(95)96)66(94)78(8)41(7)58(86)76-51(36-81)60(88)69-34-53(68)82/h10-28,37-41,47-52,56,81H,29-36,67H2,1-9H3,(H2,68,82)(H,69,88)(H,70,91)(H,71,89)(H,72,87)(H,73,83)(H,74,92)(H,75,90)(H,76,86)(H,77,85)/t39-,40-,41-,47-,48-,49-,50-,51-,52-,56-/m0/s1. The minimum atomic E-state index is -1.78. The van der Waals surface area contributed by atoms with Crippen molar-refractivity contribution in [3.63, 3.8) is 0 Å². The van der Waals surface area contributed by atoms with Gasteiger partial charge >= 0.3 is 0 Å². The number of non-ortho nitro benzene ring substituents is 1. The summed E-state index contributed by atoms with van der Waals surface area (Å²) in [7, 11) is 2.54. The maximum Gasteiger partial charge on any atom is 0.269 e. The van der Waals surface area contributed by atoms with E-state index >= 15 is 0 Å². The van der Waals surface area contributed by atoms with Crippen LogP contribution in [-0.2, 0) is 81.6 Å². The predicted octanol–water partition coefficient (Wildman–Crippen LogP) is -0.822. The van der Waals surface area contributed by atoms with E-state index in [4.69, 9.17) is 11.5 Å². The Morgan fingerprint density at radius 3 is 1.55 bits per heavy atom. The van der Waals surface area contributed by atoms with E-state index in [-0.39, 0.29) is 42.2 Å². The maximum absolute atomic E-state index is 14.7. The number of aliphatic hydroxyl groups excluding tert-OH is 1. The van der Waals surface area contributed by atoms with Gasteiger partial charge in [0.05, 0.1) is 30.7 Å². The molecule has 0 spiro atoms. The third kappa shape index (κ3) is 26.2. The normalized spacial score (nSPS) is 14.1. The molecule has 0 saturated carbocycles. The first-order chi connectivity index (χ1) is 45.8. The van der Waals surface area contributed by atoms with Gasteiger partial charge in [-0.2, -0.15) is 0 Å². The third-order valence-electron chi connectivity index (χ3n) is 15.3. The highest BCUT2D eigenvalue weighted by atomic mass is 32.2. The summed E-state index contributed by atoms with van der Waals surface area (Å²) >= 11 is 0.581. The van der Waals surface area contributed by atoms with Crippen LogP contribution in [-0.4, -0.2) is 190 Å². The smallest absolute Gasteiger partial charge is 0.269 e. The lowest BCUT2D eigenvalue weighted by Crippen LogP contribution is -2.61. The molecule has 0 fully saturated rings. The molecule has 0 saturated heterocycles. The van der Waals surface area contributed by atoms with Crippen molar-refractivity contribution in [3.05, 3.63) is 142 Å². The molecule has 4 rings (SSSR count). The first-order valence-corrected chi connectivity index (χ1v) is 32.0. The highest BCUT2D eigenvalue weighted by Crippen LogP contribution is 2.25. The number of rotatable bonds is 37. The number of nitrogens with one attached hydrogen (secondary N) is 9. The molecular weight excluding hydrogens is 1280 g/mol. The van der Waals surface area contributed by atoms with Crippen LogP contribution in [0.5, 0.6) is 0 Å². The Kier molecular flexibility index (Phi) is 31.9. The minimum absolute atomic E-state index is 0.0135. The van der Waals surface area contributed by atoms with Crippen molar-refractivity contribution in [2.45, 2.75) is 146 Å². The molecule has 0 heterocycles. The van der Waals surface area contributed by atoms with Crippen molar-refractivity contribution in [1.82, 2.24) is 57.7 Å². The van der Waals surface area contributed by atoms with E-state index in [2.05, 4.69) is 47.9 Å². The van der Waals surface area contributed by atoms with E-state index in [1.807, 2.05) is 30.3 Å². The maximum atomic E-state index is 14.7. The highest BCUT2D eigenvalue weighted by Gasteiger charge is 2.38. The Morgan fingerprint density at radius 1 is 0.515 bits per heavy atom. The van der Waals surface area contributed by atoms with Crippen LogP contribution in [0, 0.1) is 22.0 Å². The minimum Gasteiger partial charge on any atom is -0.394 e. The van der Waals surface area contributed by atoms with Gasteiger partial charge in [-0.1, -0.05) is 130 Å². The average Bonchev–Trinajstić information content (AvgIpc) is 0.870. The summed E-state index contributed by atoms with van der Waals surface area (Å²) in [6.45, 7) is 8.56. The molecule has 0 aliphatic rings. The quantitative estimate of drug-likeness (QED) is 0.0149. The SMILES string of the molecule is CC(C)C[C@H](NC(=O)CNC(=O)[C@H](Cc1ccccc1)N(C)C(=O)[C@H](C)NC(=O)[C@@H](N)Cc1ccccc1)C(=O)N[C@@H](C)C(=O)N[C@H](C(=O)N[C@@H](Cc1ccccc1)C(=O)N[C@@H](CC(=O)Sc1ccc([N+](=O)[O-])cc1)C(=O)N(C)[C@@H](C)C(=O)N[C@@H](CO)C(=O)NCC(N)=O)C(C)C. The summed E-state index contributed by atoms with van der Waals surface area (Å²) in [6.07, 6.45) is -0.701. The largest absolute Gasteiger partial charge is 0.394 e. The Labute approximate surface area is 566 Å². The van der Waals surface area contributed by atoms with Gasteiger partial charge in [-0.05, 0) is 74.3 Å². The van der Waals surface area contributed by atoms with E-state index in [0.29, 0.717) is 22.9 Å². The first-order valence-electron chi connectivity index (χ1n) is 31.2. The van der Waals surface area contributed by atoms with Gasteiger partial charge in [-0.25, -0.2) is 0 Å². The Balaban J connectivity index is 1.50. The van der Waals surface area contributed by atoms with Crippen LogP contribution >= 0.6 is 11.8 Å². The summed E-state index contributed by atoms with van der Waals surface area (Å²) in [5, 5.41) is 43.0. The van der Waals surface area contributed by atoms with Gasteiger partial charge in [0, 0.05) is 50.4 Å². The number of carbonyl (C=O) groups is 13. The monoisotopic (exact) mass is 1360 g/mol. The molecule has 14 N–H and O–H groups in total. The molecular formula is C66H88N14O16S. The molecule has 10 atom stereocenters. The van der Waals surface area contributed by atoms with E-state index in [9.17, 15) is 77.5 Å². The number of nitrogens with zero attached hydrogens (tertiary/aromatic N) is 3. The predicted molar refractivity (Wildman–Crippen MR) is 357 cm³/mol. The lowest BCUT2D eigenvalue weighted by atomic mass is 10.00. The van der Waals surface area contributed by atoms with Gasteiger partial charge in [0.2, 0.25) is 70.9 Å². The number of primary amides is 1. The summed E-state index contributed by atoms with van der Waals surface area (Å²) in [4.78, 5) is 190. The molecule has 0 aliphatic heterocycles. The first kappa shape index (κ1) is 79.3. The Bertz CT molecular complexity index is 3410. The highest BCUT2D eigenvalue weighted by molar-refractivity contribution is 8.13. The van der Waals surface area contributed by atoms with Crippen LogP contribution in [0.1, 0.15) is 78.0 Å². The zero-order valence-electron chi connectivity index (χ0n) is 55.5. The Hall–Kier alpha value is -10.1. The van der Waals surface area contributed by atoms with Crippen molar-refractivity contribution in [1.29, 1.82) is 0 Å². The van der Waals surface area contributed by atoms with Crippen molar-refractivity contribution in [2.24, 2.45) is 23.3 Å². The van der Waals surface area contributed by atoms with Crippen molar-refractivity contribution in [2.75, 3.05) is 33.8 Å². The fraction of sp³-hybridized carbons (Fsp3) is 0.439. The van der Waals surface area contributed by atoms with Crippen LogP contribution in [0.2, 0.25) is 0 Å². The molecule has 30 nitrogen and oxygen atoms in total. The number of likely N-dealkylation sites (N-methyl/N-ethyl adjacent to an activating group) is 2.